The third-order valence-electron chi connectivity index (χ3n) is 4.58. The Morgan fingerprint density at radius 3 is 2.37 bits per heavy atom. The smallest absolute Gasteiger partial charge is 0.0644 e. The predicted octanol–water partition coefficient (Wildman–Crippen LogP) is 4.82. The molecule has 1 aromatic rings. The summed E-state index contributed by atoms with van der Waals surface area (Å²) in [5.74, 6) is 0.683. The fourth-order valence-electron chi connectivity index (χ4n) is 3.69. The summed E-state index contributed by atoms with van der Waals surface area (Å²) in [5, 5.41) is 10.8. The average molecular weight is 280 g/mol. The quantitative estimate of drug-likeness (QED) is 0.792. The Morgan fingerprint density at radius 2 is 1.84 bits per heavy atom. The first-order valence-corrected chi connectivity index (χ1v) is 8.63. The lowest BCUT2D eigenvalue weighted by Crippen LogP contribution is -2.35. The Labute approximate surface area is 122 Å². The second-order valence-corrected chi connectivity index (χ2v) is 7.86. The van der Waals surface area contributed by atoms with Gasteiger partial charge in [0.2, 0.25) is 0 Å². The average Bonchev–Trinajstić information content (AvgIpc) is 2.98. The molecule has 0 aliphatic heterocycles. The Kier molecular flexibility index (Phi) is 5.08. The van der Waals surface area contributed by atoms with Crippen molar-refractivity contribution in [2.45, 2.75) is 71.8 Å². The highest BCUT2D eigenvalue weighted by atomic mass is 32.1. The van der Waals surface area contributed by atoms with Crippen molar-refractivity contribution in [3.05, 3.63) is 21.9 Å². The van der Waals surface area contributed by atoms with Crippen molar-refractivity contribution in [3.63, 3.8) is 0 Å². The SMILES string of the molecule is CCc1ccc(CC(O)C2(CC(C)C)CCCC2)s1. The Hall–Kier alpha value is -0.340. The van der Waals surface area contributed by atoms with Gasteiger partial charge in [0.1, 0.15) is 0 Å². The van der Waals surface area contributed by atoms with Gasteiger partial charge in [-0.15, -0.1) is 11.3 Å². The molecule has 1 aromatic heterocycles. The molecule has 2 rings (SSSR count). The van der Waals surface area contributed by atoms with E-state index in [9.17, 15) is 5.11 Å². The van der Waals surface area contributed by atoms with Gasteiger partial charge < -0.3 is 5.11 Å². The van der Waals surface area contributed by atoms with E-state index in [2.05, 4.69) is 32.9 Å². The highest BCUT2D eigenvalue weighted by Crippen LogP contribution is 2.47. The topological polar surface area (TPSA) is 20.2 Å². The Balaban J connectivity index is 2.05. The summed E-state index contributed by atoms with van der Waals surface area (Å²) in [4.78, 5) is 2.80. The molecule has 0 bridgehead atoms. The number of aliphatic hydroxyl groups is 1. The van der Waals surface area contributed by atoms with Crippen molar-refractivity contribution in [2.24, 2.45) is 11.3 Å². The molecule has 1 nitrogen and oxygen atoms in total. The van der Waals surface area contributed by atoms with E-state index in [1.807, 2.05) is 11.3 Å². The molecule has 0 aromatic carbocycles. The number of aliphatic hydroxyl groups excluding tert-OH is 1. The number of hydrogen-bond donors (Lipinski definition) is 1. The number of thiophene rings is 1. The lowest BCUT2D eigenvalue weighted by Gasteiger charge is -2.36. The summed E-state index contributed by atoms with van der Waals surface area (Å²) in [5.41, 5.74) is 0.199. The molecular formula is C17H28OS. The van der Waals surface area contributed by atoms with Crippen LogP contribution in [0, 0.1) is 11.3 Å². The Bertz CT molecular complexity index is 388. The minimum Gasteiger partial charge on any atom is -0.392 e. The summed E-state index contributed by atoms with van der Waals surface area (Å²) in [6, 6.07) is 4.43. The van der Waals surface area contributed by atoms with Crippen LogP contribution in [0.3, 0.4) is 0 Å². The van der Waals surface area contributed by atoms with Gasteiger partial charge in [0.25, 0.3) is 0 Å². The molecule has 1 aliphatic rings. The first-order chi connectivity index (χ1) is 9.05. The third-order valence-corrected chi connectivity index (χ3v) is 5.83. The molecule has 2 heteroatoms. The molecule has 1 unspecified atom stereocenters. The summed E-state index contributed by atoms with van der Waals surface area (Å²) in [6.45, 7) is 6.77. The van der Waals surface area contributed by atoms with Crippen LogP contribution in [0.25, 0.3) is 0 Å². The molecule has 1 fully saturated rings. The van der Waals surface area contributed by atoms with Crippen molar-refractivity contribution in [1.29, 1.82) is 0 Å². The highest BCUT2D eigenvalue weighted by Gasteiger charge is 2.40. The minimum atomic E-state index is -0.152. The summed E-state index contributed by atoms with van der Waals surface area (Å²) in [6.07, 6.45) is 8.04. The number of hydrogen-bond acceptors (Lipinski definition) is 2. The first kappa shape index (κ1) is 15.1. The zero-order chi connectivity index (χ0) is 13.9. The predicted molar refractivity (Wildman–Crippen MR) is 83.8 cm³/mol. The minimum absolute atomic E-state index is 0.152. The molecule has 1 saturated carbocycles. The van der Waals surface area contributed by atoms with E-state index in [4.69, 9.17) is 0 Å². The van der Waals surface area contributed by atoms with E-state index in [1.165, 1.54) is 41.9 Å². The van der Waals surface area contributed by atoms with Crippen LogP contribution in [0.5, 0.6) is 0 Å². The molecule has 0 saturated heterocycles. The lowest BCUT2D eigenvalue weighted by molar-refractivity contribution is 0.0139. The molecule has 1 aliphatic carbocycles. The van der Waals surface area contributed by atoms with E-state index in [0.717, 1.165) is 12.8 Å². The molecule has 0 spiro atoms. The molecule has 19 heavy (non-hydrogen) atoms. The molecule has 1 atom stereocenters. The largest absolute Gasteiger partial charge is 0.392 e. The summed E-state index contributed by atoms with van der Waals surface area (Å²) < 4.78 is 0. The van der Waals surface area contributed by atoms with Crippen LogP contribution < -0.4 is 0 Å². The maximum Gasteiger partial charge on any atom is 0.0644 e. The third kappa shape index (κ3) is 3.61. The Morgan fingerprint density at radius 1 is 1.21 bits per heavy atom. The standard InChI is InChI=1S/C17H28OS/c1-4-14-7-8-15(19-14)11-16(18)17(12-13(2)3)9-5-6-10-17/h7-8,13,16,18H,4-6,9-12H2,1-3H3. The van der Waals surface area contributed by atoms with Crippen molar-refractivity contribution < 1.29 is 5.11 Å². The van der Waals surface area contributed by atoms with Gasteiger partial charge in [0.15, 0.2) is 0 Å². The van der Waals surface area contributed by atoms with Gasteiger partial charge in [-0.3, -0.25) is 0 Å². The lowest BCUT2D eigenvalue weighted by atomic mass is 9.73. The van der Waals surface area contributed by atoms with Gasteiger partial charge in [-0.1, -0.05) is 33.6 Å². The maximum absolute atomic E-state index is 10.8. The summed E-state index contributed by atoms with van der Waals surface area (Å²) in [7, 11) is 0. The second-order valence-electron chi connectivity index (χ2n) is 6.61. The maximum atomic E-state index is 10.8. The van der Waals surface area contributed by atoms with E-state index in [-0.39, 0.29) is 11.5 Å². The van der Waals surface area contributed by atoms with E-state index in [0.29, 0.717) is 5.92 Å². The zero-order valence-corrected chi connectivity index (χ0v) is 13.4. The van der Waals surface area contributed by atoms with Crippen molar-refractivity contribution >= 4 is 11.3 Å². The molecular weight excluding hydrogens is 252 g/mol. The van der Waals surface area contributed by atoms with E-state index in [1.54, 1.807) is 0 Å². The second kappa shape index (κ2) is 6.41. The molecule has 1 heterocycles. The monoisotopic (exact) mass is 280 g/mol. The van der Waals surface area contributed by atoms with Crippen LogP contribution in [0.4, 0.5) is 0 Å². The van der Waals surface area contributed by atoms with Crippen molar-refractivity contribution in [3.8, 4) is 0 Å². The van der Waals surface area contributed by atoms with Crippen LogP contribution in [0.15, 0.2) is 12.1 Å². The number of aryl methyl sites for hydroxylation is 1. The zero-order valence-electron chi connectivity index (χ0n) is 12.6. The first-order valence-electron chi connectivity index (χ1n) is 7.81. The molecule has 1 N–H and O–H groups in total. The van der Waals surface area contributed by atoms with Crippen LogP contribution in [0.1, 0.15) is 62.6 Å². The van der Waals surface area contributed by atoms with Crippen molar-refractivity contribution in [2.75, 3.05) is 0 Å². The normalized spacial score (nSPS) is 20.1. The van der Waals surface area contributed by atoms with Crippen LogP contribution in [-0.2, 0) is 12.8 Å². The molecule has 0 amide bonds. The van der Waals surface area contributed by atoms with E-state index < -0.39 is 0 Å². The molecule has 108 valence electrons. The van der Waals surface area contributed by atoms with Crippen LogP contribution in [-0.4, -0.2) is 11.2 Å². The fraction of sp³-hybridized carbons (Fsp3) is 0.765. The van der Waals surface area contributed by atoms with Gasteiger partial charge in [0, 0.05) is 16.2 Å². The van der Waals surface area contributed by atoms with Gasteiger partial charge in [-0.25, -0.2) is 0 Å². The van der Waals surface area contributed by atoms with Crippen molar-refractivity contribution in [1.82, 2.24) is 0 Å². The van der Waals surface area contributed by atoms with E-state index >= 15 is 0 Å². The highest BCUT2D eigenvalue weighted by molar-refractivity contribution is 7.11. The van der Waals surface area contributed by atoms with Gasteiger partial charge in [-0.2, -0.15) is 0 Å². The summed E-state index contributed by atoms with van der Waals surface area (Å²) >= 11 is 1.88. The fourth-order valence-corrected chi connectivity index (χ4v) is 4.69. The number of rotatable bonds is 6. The van der Waals surface area contributed by atoms with Crippen LogP contribution in [0.2, 0.25) is 0 Å². The van der Waals surface area contributed by atoms with Gasteiger partial charge in [-0.05, 0) is 49.1 Å². The molecule has 0 radical (unpaired) electrons. The van der Waals surface area contributed by atoms with Gasteiger partial charge in [0.05, 0.1) is 6.10 Å². The van der Waals surface area contributed by atoms with Crippen LogP contribution >= 0.6 is 11.3 Å². The van der Waals surface area contributed by atoms with Gasteiger partial charge >= 0.3 is 0 Å².